The monoisotopic (exact) mass is 367 g/mol. The summed E-state index contributed by atoms with van der Waals surface area (Å²) >= 11 is 1.62. The van der Waals surface area contributed by atoms with E-state index in [9.17, 15) is 0 Å². The number of hydrogen-bond donors (Lipinski definition) is 1. The van der Waals surface area contributed by atoms with Crippen LogP contribution in [0.15, 0.2) is 47.2 Å². The van der Waals surface area contributed by atoms with Crippen LogP contribution in [0.1, 0.15) is 5.56 Å². The van der Waals surface area contributed by atoms with Crippen molar-refractivity contribution in [3.8, 4) is 22.9 Å². The molecule has 0 unspecified atom stereocenters. The van der Waals surface area contributed by atoms with Gasteiger partial charge in [0.1, 0.15) is 5.82 Å². The van der Waals surface area contributed by atoms with Gasteiger partial charge in [-0.3, -0.25) is 0 Å². The van der Waals surface area contributed by atoms with Crippen LogP contribution < -0.4 is 14.8 Å². The van der Waals surface area contributed by atoms with E-state index in [1.165, 1.54) is 0 Å². The van der Waals surface area contributed by atoms with E-state index in [4.69, 9.17) is 9.47 Å². The van der Waals surface area contributed by atoms with Gasteiger partial charge in [0.2, 0.25) is 0 Å². The molecule has 3 aromatic heterocycles. The Bertz CT molecular complexity index is 1030. The second kappa shape index (κ2) is 7.01. The molecule has 0 bridgehead atoms. The number of ether oxygens (including phenoxy) is 2. The highest BCUT2D eigenvalue weighted by Gasteiger charge is 2.10. The zero-order valence-corrected chi connectivity index (χ0v) is 15.2. The van der Waals surface area contributed by atoms with Crippen LogP contribution in [0.2, 0.25) is 0 Å². The molecular formula is C18H17N5O2S. The van der Waals surface area contributed by atoms with Crippen molar-refractivity contribution in [1.29, 1.82) is 0 Å². The van der Waals surface area contributed by atoms with Crippen molar-refractivity contribution in [1.82, 2.24) is 19.8 Å². The fourth-order valence-electron chi connectivity index (χ4n) is 2.64. The van der Waals surface area contributed by atoms with Crippen molar-refractivity contribution >= 4 is 22.8 Å². The Morgan fingerprint density at radius 3 is 2.69 bits per heavy atom. The number of hydrogen-bond acceptors (Lipinski definition) is 7. The molecule has 0 atom stereocenters. The van der Waals surface area contributed by atoms with Crippen LogP contribution in [0, 0.1) is 0 Å². The maximum absolute atomic E-state index is 5.35. The topological polar surface area (TPSA) is 73.6 Å². The van der Waals surface area contributed by atoms with E-state index < -0.39 is 0 Å². The first-order valence-corrected chi connectivity index (χ1v) is 8.92. The summed E-state index contributed by atoms with van der Waals surface area (Å²) in [5.41, 5.74) is 2.78. The largest absolute Gasteiger partial charge is 0.493 e. The molecule has 0 fully saturated rings. The highest BCUT2D eigenvalue weighted by Crippen LogP contribution is 2.28. The highest BCUT2D eigenvalue weighted by atomic mass is 32.1. The molecular weight excluding hydrogens is 350 g/mol. The van der Waals surface area contributed by atoms with Gasteiger partial charge in [-0.1, -0.05) is 6.07 Å². The van der Waals surface area contributed by atoms with E-state index in [-0.39, 0.29) is 0 Å². The molecule has 0 aliphatic carbocycles. The van der Waals surface area contributed by atoms with Gasteiger partial charge in [-0.15, -0.1) is 15.3 Å². The number of fused-ring (bicyclic) bond motifs is 1. The third-order valence-electron chi connectivity index (χ3n) is 3.96. The van der Waals surface area contributed by atoms with Crippen LogP contribution in [0.25, 0.3) is 17.0 Å². The quantitative estimate of drug-likeness (QED) is 0.562. The molecule has 0 radical (unpaired) electrons. The van der Waals surface area contributed by atoms with Crippen molar-refractivity contribution < 1.29 is 9.47 Å². The fourth-order valence-corrected chi connectivity index (χ4v) is 3.27. The lowest BCUT2D eigenvalue weighted by Crippen LogP contribution is -2.05. The summed E-state index contributed by atoms with van der Waals surface area (Å²) < 4.78 is 12.4. The van der Waals surface area contributed by atoms with E-state index in [1.807, 2.05) is 47.2 Å². The standard InChI is InChI=1S/C18H17N5O2S/c1-24-14-4-3-12(9-15(14)25-2)10-19-16-5-6-17-20-21-18(23(17)22-16)13-7-8-26-11-13/h3-9,11H,10H2,1-2H3,(H,19,22). The summed E-state index contributed by atoms with van der Waals surface area (Å²) in [6.45, 7) is 0.606. The summed E-state index contributed by atoms with van der Waals surface area (Å²) in [4.78, 5) is 0. The number of methoxy groups -OCH3 is 2. The van der Waals surface area contributed by atoms with Gasteiger partial charge in [-0.25, -0.2) is 0 Å². The van der Waals surface area contributed by atoms with Crippen LogP contribution >= 0.6 is 11.3 Å². The van der Waals surface area contributed by atoms with Gasteiger partial charge in [0.05, 0.1) is 14.2 Å². The van der Waals surface area contributed by atoms with Gasteiger partial charge in [-0.2, -0.15) is 15.9 Å². The number of rotatable bonds is 6. The van der Waals surface area contributed by atoms with E-state index in [1.54, 1.807) is 30.1 Å². The molecule has 26 heavy (non-hydrogen) atoms. The lowest BCUT2D eigenvalue weighted by atomic mass is 10.2. The molecule has 0 saturated heterocycles. The van der Waals surface area contributed by atoms with Gasteiger partial charge in [0.15, 0.2) is 23.0 Å². The molecule has 7 nitrogen and oxygen atoms in total. The predicted molar refractivity (Wildman–Crippen MR) is 101 cm³/mol. The Hall–Kier alpha value is -3.13. The molecule has 0 amide bonds. The predicted octanol–water partition coefficient (Wildman–Crippen LogP) is 3.48. The Morgan fingerprint density at radius 1 is 1.04 bits per heavy atom. The van der Waals surface area contributed by atoms with E-state index in [0.717, 1.165) is 22.8 Å². The minimum Gasteiger partial charge on any atom is -0.493 e. The minimum atomic E-state index is 0.606. The number of nitrogens with one attached hydrogen (secondary N) is 1. The van der Waals surface area contributed by atoms with Gasteiger partial charge >= 0.3 is 0 Å². The molecule has 4 rings (SSSR count). The van der Waals surface area contributed by atoms with Crippen LogP contribution in [-0.4, -0.2) is 34.0 Å². The molecule has 8 heteroatoms. The normalized spacial score (nSPS) is 10.8. The molecule has 0 spiro atoms. The molecule has 1 aromatic carbocycles. The number of aromatic nitrogens is 4. The fraction of sp³-hybridized carbons (Fsp3) is 0.167. The SMILES string of the molecule is COc1ccc(CNc2ccc3nnc(-c4ccsc4)n3n2)cc1OC. The Morgan fingerprint density at radius 2 is 1.92 bits per heavy atom. The summed E-state index contributed by atoms with van der Waals surface area (Å²) in [5, 5.41) is 20.4. The summed E-state index contributed by atoms with van der Waals surface area (Å²) in [6, 6.07) is 11.6. The lowest BCUT2D eigenvalue weighted by Gasteiger charge is -2.10. The van der Waals surface area contributed by atoms with E-state index in [0.29, 0.717) is 23.7 Å². The average molecular weight is 367 g/mol. The first-order chi connectivity index (χ1) is 12.8. The number of benzene rings is 1. The van der Waals surface area contributed by atoms with Crippen molar-refractivity contribution in [2.24, 2.45) is 0 Å². The molecule has 132 valence electrons. The zero-order chi connectivity index (χ0) is 17.9. The third-order valence-corrected chi connectivity index (χ3v) is 4.65. The Labute approximate surface area is 154 Å². The summed E-state index contributed by atoms with van der Waals surface area (Å²) in [5.74, 6) is 2.88. The number of anilines is 1. The second-order valence-electron chi connectivity index (χ2n) is 5.57. The Kier molecular flexibility index (Phi) is 4.40. The minimum absolute atomic E-state index is 0.606. The average Bonchev–Trinajstić information content (AvgIpc) is 3.35. The van der Waals surface area contributed by atoms with Crippen LogP contribution in [0.5, 0.6) is 11.5 Å². The molecule has 1 N–H and O–H groups in total. The molecule has 4 aromatic rings. The van der Waals surface area contributed by atoms with E-state index >= 15 is 0 Å². The lowest BCUT2D eigenvalue weighted by molar-refractivity contribution is 0.354. The first kappa shape index (κ1) is 16.3. The Balaban J connectivity index is 1.57. The van der Waals surface area contributed by atoms with E-state index in [2.05, 4.69) is 20.6 Å². The molecule has 0 aliphatic rings. The second-order valence-corrected chi connectivity index (χ2v) is 6.35. The zero-order valence-electron chi connectivity index (χ0n) is 14.3. The van der Waals surface area contributed by atoms with Crippen molar-refractivity contribution in [2.45, 2.75) is 6.54 Å². The van der Waals surface area contributed by atoms with Crippen molar-refractivity contribution in [2.75, 3.05) is 19.5 Å². The van der Waals surface area contributed by atoms with Gasteiger partial charge in [0, 0.05) is 17.5 Å². The molecule has 0 saturated carbocycles. The van der Waals surface area contributed by atoms with Crippen LogP contribution in [0.4, 0.5) is 5.82 Å². The smallest absolute Gasteiger partial charge is 0.186 e. The van der Waals surface area contributed by atoms with Crippen molar-refractivity contribution in [3.05, 3.63) is 52.7 Å². The maximum atomic E-state index is 5.35. The number of thiophene rings is 1. The van der Waals surface area contributed by atoms with Gasteiger partial charge < -0.3 is 14.8 Å². The van der Waals surface area contributed by atoms with Crippen LogP contribution in [0.3, 0.4) is 0 Å². The summed E-state index contributed by atoms with van der Waals surface area (Å²) in [6.07, 6.45) is 0. The number of nitrogens with zero attached hydrogens (tertiary/aromatic N) is 4. The molecule has 3 heterocycles. The van der Waals surface area contributed by atoms with Gasteiger partial charge in [-0.05, 0) is 41.3 Å². The highest BCUT2D eigenvalue weighted by molar-refractivity contribution is 7.08. The first-order valence-electron chi connectivity index (χ1n) is 7.98. The third kappa shape index (κ3) is 3.06. The molecule has 0 aliphatic heterocycles. The maximum Gasteiger partial charge on any atom is 0.186 e. The van der Waals surface area contributed by atoms with Gasteiger partial charge in [0.25, 0.3) is 0 Å². The summed E-state index contributed by atoms with van der Waals surface area (Å²) in [7, 11) is 3.25. The van der Waals surface area contributed by atoms with Crippen molar-refractivity contribution in [3.63, 3.8) is 0 Å². The van der Waals surface area contributed by atoms with Crippen LogP contribution in [-0.2, 0) is 6.54 Å².